The molecule has 1 aliphatic heterocycles. The molecule has 1 aromatic rings. The Bertz CT molecular complexity index is 1210. The number of carbonyl (C=O) groups is 4. The number of esters is 2. The minimum absolute atomic E-state index is 0.0109. The number of aliphatic hydroxyl groups is 2. The molecule has 44 heavy (non-hydrogen) atoms. The Morgan fingerprint density at radius 3 is 2.66 bits per heavy atom. The van der Waals surface area contributed by atoms with Gasteiger partial charge in [0.25, 0.3) is 0 Å². The summed E-state index contributed by atoms with van der Waals surface area (Å²) in [7, 11) is 0. The summed E-state index contributed by atoms with van der Waals surface area (Å²) in [6.07, 6.45) is 3.04. The summed E-state index contributed by atoms with van der Waals surface area (Å²) < 4.78 is 27.3. The molecule has 2 aliphatic rings. The number of hydrogen-bond donors (Lipinski definition) is 4. The third-order valence-corrected chi connectivity index (χ3v) is 6.58. The lowest BCUT2D eigenvalue weighted by molar-refractivity contribution is -0.155. The highest BCUT2D eigenvalue weighted by atomic mass is 16.7. The van der Waals surface area contributed by atoms with Crippen LogP contribution in [0.5, 0.6) is 0 Å². The number of hydrogen-bond acceptors (Lipinski definition) is 11. The zero-order valence-corrected chi connectivity index (χ0v) is 25.3. The molecular formula is C31H42N2O11. The van der Waals surface area contributed by atoms with Crippen LogP contribution >= 0.6 is 0 Å². The number of aliphatic hydroxyl groups excluding tert-OH is 2. The van der Waals surface area contributed by atoms with Gasteiger partial charge in [0.2, 0.25) is 11.8 Å². The number of rotatable bonds is 15. The van der Waals surface area contributed by atoms with Crippen LogP contribution in [0.3, 0.4) is 0 Å². The van der Waals surface area contributed by atoms with Crippen molar-refractivity contribution in [3.63, 3.8) is 0 Å². The van der Waals surface area contributed by atoms with Crippen LogP contribution in [0.25, 0.3) is 6.08 Å². The van der Waals surface area contributed by atoms with Crippen LogP contribution in [0.15, 0.2) is 42.2 Å². The van der Waals surface area contributed by atoms with Gasteiger partial charge >= 0.3 is 11.9 Å². The molecule has 242 valence electrons. The van der Waals surface area contributed by atoms with Crippen LogP contribution in [0, 0.1) is 0 Å². The minimum atomic E-state index is -0.786. The Hall–Kier alpha value is -3.78. The van der Waals surface area contributed by atoms with Crippen molar-refractivity contribution in [3.05, 3.63) is 53.3 Å². The maximum atomic E-state index is 13.0. The molecule has 1 aromatic carbocycles. The van der Waals surface area contributed by atoms with Crippen molar-refractivity contribution in [2.24, 2.45) is 0 Å². The monoisotopic (exact) mass is 618 g/mol. The fraction of sp³-hybridized carbons (Fsp3) is 0.548. The lowest BCUT2D eigenvalue weighted by Gasteiger charge is -2.30. The number of ether oxygens (including phenoxy) is 5. The van der Waals surface area contributed by atoms with E-state index in [1.165, 1.54) is 6.26 Å². The molecule has 2 amide bonds. The van der Waals surface area contributed by atoms with Crippen molar-refractivity contribution in [2.45, 2.75) is 76.4 Å². The van der Waals surface area contributed by atoms with E-state index in [9.17, 15) is 24.3 Å². The second kappa shape index (κ2) is 16.9. The van der Waals surface area contributed by atoms with Crippen LogP contribution < -0.4 is 10.6 Å². The molecule has 0 aromatic heterocycles. The number of nitrogens with one attached hydrogen (secondary N) is 2. The molecule has 1 aliphatic carbocycles. The fourth-order valence-corrected chi connectivity index (χ4v) is 4.54. The first-order valence-electron chi connectivity index (χ1n) is 14.5. The molecule has 4 atom stereocenters. The normalized spacial score (nSPS) is 20.3. The molecular weight excluding hydrogens is 576 g/mol. The average molecular weight is 619 g/mol. The Balaban J connectivity index is 1.49. The molecule has 0 radical (unpaired) electrons. The first kappa shape index (κ1) is 34.7. The molecule has 0 saturated carbocycles. The predicted octanol–water partition coefficient (Wildman–Crippen LogP) is 1.37. The van der Waals surface area contributed by atoms with E-state index in [2.05, 4.69) is 10.6 Å². The number of fused-ring (bicyclic) bond motifs is 1. The average Bonchev–Trinajstić information content (AvgIpc) is 3.46. The highest BCUT2D eigenvalue weighted by Gasteiger charge is 2.42. The van der Waals surface area contributed by atoms with Crippen molar-refractivity contribution in [2.75, 3.05) is 33.2 Å². The molecule has 4 N–H and O–H groups in total. The predicted molar refractivity (Wildman–Crippen MR) is 157 cm³/mol. The van der Waals surface area contributed by atoms with Gasteiger partial charge in [0.15, 0.2) is 0 Å². The van der Waals surface area contributed by atoms with Gasteiger partial charge in [0, 0.05) is 31.4 Å². The van der Waals surface area contributed by atoms with Crippen molar-refractivity contribution < 1.29 is 53.1 Å². The van der Waals surface area contributed by atoms with Crippen molar-refractivity contribution >= 4 is 29.8 Å². The SMILES string of the molecule is CC(C)(C)OC(=O)CCC(CO)NC(=O)CCNC(=O)C1=CC2OCOC2C(OC(=O)c2cccc(C=COCCO)c2)C1. The topological polar surface area (TPSA) is 179 Å². The number of carbonyl (C=O) groups excluding carboxylic acids is 4. The van der Waals surface area contributed by atoms with E-state index >= 15 is 0 Å². The van der Waals surface area contributed by atoms with E-state index in [0.717, 1.165) is 0 Å². The summed E-state index contributed by atoms with van der Waals surface area (Å²) >= 11 is 0. The van der Waals surface area contributed by atoms with Crippen LogP contribution in [-0.4, -0.2) is 97.1 Å². The van der Waals surface area contributed by atoms with E-state index in [1.54, 1.807) is 57.2 Å². The van der Waals surface area contributed by atoms with Crippen LogP contribution in [0.2, 0.25) is 0 Å². The Kier molecular flexibility index (Phi) is 13.3. The summed E-state index contributed by atoms with van der Waals surface area (Å²) in [4.78, 5) is 50.3. The maximum Gasteiger partial charge on any atom is 0.338 e. The molecule has 1 saturated heterocycles. The van der Waals surface area contributed by atoms with Crippen molar-refractivity contribution in [1.29, 1.82) is 0 Å². The summed E-state index contributed by atoms with van der Waals surface area (Å²) in [5.41, 5.74) is 0.695. The van der Waals surface area contributed by atoms with E-state index < -0.39 is 53.7 Å². The van der Waals surface area contributed by atoms with Crippen LogP contribution in [0.1, 0.15) is 62.4 Å². The van der Waals surface area contributed by atoms with Gasteiger partial charge in [-0.15, -0.1) is 0 Å². The molecule has 3 rings (SSSR count). The fourth-order valence-electron chi connectivity index (χ4n) is 4.54. The van der Waals surface area contributed by atoms with Crippen molar-refractivity contribution in [3.8, 4) is 0 Å². The van der Waals surface area contributed by atoms with Gasteiger partial charge in [-0.2, -0.15) is 0 Å². The lowest BCUT2D eigenvalue weighted by atomic mass is 9.91. The van der Waals surface area contributed by atoms with Crippen molar-refractivity contribution in [1.82, 2.24) is 10.6 Å². The molecule has 0 spiro atoms. The third-order valence-electron chi connectivity index (χ3n) is 6.58. The van der Waals surface area contributed by atoms with E-state index in [-0.39, 0.29) is 58.8 Å². The Labute approximate surface area is 256 Å². The standard InChI is InChI=1S/C31H42N2O11/c1-31(2,3)44-27(37)8-7-23(18-35)33-26(36)9-11-32-29(38)22-16-24-28(42-19-41-24)25(17-22)43-30(39)21-6-4-5-20(15-21)10-13-40-14-12-34/h4-6,10,13,15-16,23-25,28,34-35H,7-9,11-12,14,17-19H2,1-3H3,(H,32,38)(H,33,36). The van der Waals surface area contributed by atoms with Gasteiger partial charge in [-0.05, 0) is 57.0 Å². The third kappa shape index (κ3) is 11.4. The molecule has 1 fully saturated rings. The summed E-state index contributed by atoms with van der Waals surface area (Å²) in [6.45, 7) is 4.97. The van der Waals surface area contributed by atoms with E-state index in [1.807, 2.05) is 0 Å². The lowest BCUT2D eigenvalue weighted by Crippen LogP contribution is -2.44. The largest absolute Gasteiger partial charge is 0.499 e. The maximum absolute atomic E-state index is 13.0. The van der Waals surface area contributed by atoms with Crippen LogP contribution in [-0.2, 0) is 38.1 Å². The Morgan fingerprint density at radius 2 is 1.93 bits per heavy atom. The minimum Gasteiger partial charge on any atom is -0.499 e. The molecule has 4 unspecified atom stereocenters. The summed E-state index contributed by atoms with van der Waals surface area (Å²) in [6, 6.07) is 6.07. The molecule has 13 heteroatoms. The second-order valence-corrected chi connectivity index (χ2v) is 11.3. The van der Waals surface area contributed by atoms with E-state index in [4.69, 9.17) is 28.8 Å². The zero-order valence-electron chi connectivity index (χ0n) is 25.3. The first-order chi connectivity index (χ1) is 21.0. The second-order valence-electron chi connectivity index (χ2n) is 11.3. The molecule has 1 heterocycles. The van der Waals surface area contributed by atoms with Gasteiger partial charge in [-0.1, -0.05) is 12.1 Å². The summed E-state index contributed by atoms with van der Waals surface area (Å²) in [5, 5.41) is 23.7. The zero-order chi connectivity index (χ0) is 32.1. The molecule has 0 bridgehead atoms. The smallest absolute Gasteiger partial charge is 0.338 e. The highest BCUT2D eigenvalue weighted by Crippen LogP contribution is 2.31. The molecule has 13 nitrogen and oxygen atoms in total. The highest BCUT2D eigenvalue weighted by molar-refractivity contribution is 5.94. The van der Waals surface area contributed by atoms with Gasteiger partial charge < -0.3 is 44.5 Å². The number of amides is 2. The summed E-state index contributed by atoms with van der Waals surface area (Å²) in [5.74, 6) is -1.86. The quantitative estimate of drug-likeness (QED) is 0.127. The van der Waals surface area contributed by atoms with Gasteiger partial charge in [-0.3, -0.25) is 14.4 Å². The first-order valence-corrected chi connectivity index (χ1v) is 14.5. The van der Waals surface area contributed by atoms with Crippen LogP contribution in [0.4, 0.5) is 0 Å². The van der Waals surface area contributed by atoms with Gasteiger partial charge in [0.1, 0.15) is 37.3 Å². The van der Waals surface area contributed by atoms with Gasteiger partial charge in [-0.25, -0.2) is 4.79 Å². The number of benzene rings is 1. The van der Waals surface area contributed by atoms with E-state index in [0.29, 0.717) is 16.7 Å². The van der Waals surface area contributed by atoms with Gasteiger partial charge in [0.05, 0.1) is 31.1 Å². The Morgan fingerprint density at radius 1 is 1.14 bits per heavy atom.